The molecule has 0 N–H and O–H groups in total. The fourth-order valence-electron chi connectivity index (χ4n) is 2.73. The van der Waals surface area contributed by atoms with Crippen LogP contribution in [0.2, 0.25) is 0 Å². The zero-order valence-corrected chi connectivity index (χ0v) is 14.1. The van der Waals surface area contributed by atoms with E-state index in [1.165, 1.54) is 12.8 Å². The van der Waals surface area contributed by atoms with Crippen LogP contribution in [0.3, 0.4) is 0 Å². The Morgan fingerprint density at radius 1 is 1.14 bits per heavy atom. The molecular formula is C19H30FN. The molecule has 118 valence electrons. The summed E-state index contributed by atoms with van der Waals surface area (Å²) in [6, 6.07) is 5.80. The molecule has 0 aromatic heterocycles. The minimum atomic E-state index is -0.0472. The predicted octanol–water partition coefficient (Wildman–Crippen LogP) is 5.92. The van der Waals surface area contributed by atoms with Crippen LogP contribution in [0.1, 0.15) is 76.3 Å². The van der Waals surface area contributed by atoms with Gasteiger partial charge in [-0.3, -0.25) is 4.99 Å². The maximum absolute atomic E-state index is 14.3. The van der Waals surface area contributed by atoms with Gasteiger partial charge in [-0.1, -0.05) is 51.7 Å². The Kier molecular flexibility index (Phi) is 8.26. The average molecular weight is 291 g/mol. The second-order valence-corrected chi connectivity index (χ2v) is 5.87. The average Bonchev–Trinajstić information content (AvgIpc) is 2.49. The molecule has 0 aliphatic rings. The molecule has 0 radical (unpaired) electrons. The van der Waals surface area contributed by atoms with Crippen molar-refractivity contribution in [2.24, 2.45) is 4.99 Å². The minimum Gasteiger partial charge on any atom is -0.297 e. The van der Waals surface area contributed by atoms with Crippen LogP contribution >= 0.6 is 0 Å². The third-order valence-electron chi connectivity index (χ3n) is 4.23. The van der Waals surface area contributed by atoms with Gasteiger partial charge >= 0.3 is 0 Å². The molecule has 0 heterocycles. The van der Waals surface area contributed by atoms with E-state index in [-0.39, 0.29) is 11.7 Å². The lowest BCUT2D eigenvalue weighted by molar-refractivity contribution is 0.593. The Bertz CT molecular complexity index is 451. The Morgan fingerprint density at radius 3 is 2.43 bits per heavy atom. The van der Waals surface area contributed by atoms with E-state index in [1.54, 1.807) is 6.07 Å². The van der Waals surface area contributed by atoms with Crippen molar-refractivity contribution in [3.05, 3.63) is 35.1 Å². The first-order chi connectivity index (χ1) is 10.1. The van der Waals surface area contributed by atoms with Crippen molar-refractivity contribution in [2.75, 3.05) is 7.05 Å². The number of benzene rings is 1. The Labute approximate surface area is 129 Å². The van der Waals surface area contributed by atoms with E-state index in [0.717, 1.165) is 48.9 Å². The van der Waals surface area contributed by atoms with Gasteiger partial charge in [0.2, 0.25) is 0 Å². The molecule has 0 aliphatic heterocycles. The van der Waals surface area contributed by atoms with Crippen LogP contribution in [-0.4, -0.2) is 12.8 Å². The molecule has 1 aromatic rings. The molecule has 0 bridgehead atoms. The third-order valence-corrected chi connectivity index (χ3v) is 4.23. The molecule has 1 unspecified atom stereocenters. The molecule has 21 heavy (non-hydrogen) atoms. The van der Waals surface area contributed by atoms with Crippen molar-refractivity contribution in [3.8, 4) is 0 Å². The summed E-state index contributed by atoms with van der Waals surface area (Å²) in [5.74, 6) is 0.211. The summed E-state index contributed by atoms with van der Waals surface area (Å²) in [6.07, 6.45) is 7.62. The zero-order chi connectivity index (χ0) is 15.7. The van der Waals surface area contributed by atoms with Crippen LogP contribution in [0.15, 0.2) is 23.2 Å². The number of aryl methyl sites for hydroxylation is 1. The highest BCUT2D eigenvalue weighted by Crippen LogP contribution is 2.26. The smallest absolute Gasteiger partial charge is 0.126 e. The van der Waals surface area contributed by atoms with Crippen LogP contribution in [0.5, 0.6) is 0 Å². The summed E-state index contributed by atoms with van der Waals surface area (Å²) < 4.78 is 14.3. The lowest BCUT2D eigenvalue weighted by Gasteiger charge is -2.18. The Balaban J connectivity index is 2.87. The molecule has 0 fully saturated rings. The molecular weight excluding hydrogens is 261 g/mol. The first-order valence-electron chi connectivity index (χ1n) is 8.35. The van der Waals surface area contributed by atoms with Crippen LogP contribution in [0, 0.1) is 5.82 Å². The molecule has 1 atom stereocenters. The normalized spacial score (nSPS) is 13.5. The predicted molar refractivity (Wildman–Crippen MR) is 90.9 cm³/mol. The highest BCUT2D eigenvalue weighted by atomic mass is 19.1. The summed E-state index contributed by atoms with van der Waals surface area (Å²) in [5.41, 5.74) is 3.03. The minimum absolute atomic E-state index is 0.0472. The maximum Gasteiger partial charge on any atom is 0.126 e. The topological polar surface area (TPSA) is 12.4 Å². The molecule has 0 aliphatic carbocycles. The number of aliphatic imine (C=N–C) groups is 1. The molecule has 0 amide bonds. The van der Waals surface area contributed by atoms with Crippen LogP contribution in [-0.2, 0) is 6.42 Å². The maximum atomic E-state index is 14.3. The fourth-order valence-corrected chi connectivity index (χ4v) is 2.73. The van der Waals surface area contributed by atoms with Crippen LogP contribution < -0.4 is 0 Å². The summed E-state index contributed by atoms with van der Waals surface area (Å²) in [7, 11) is 1.82. The van der Waals surface area contributed by atoms with Gasteiger partial charge in [0.05, 0.1) is 0 Å². The largest absolute Gasteiger partial charge is 0.297 e. The zero-order valence-electron chi connectivity index (χ0n) is 14.1. The SMILES string of the molecule is CCCCCc1ccc(C(CCCC)C(C)=NC)cc1F. The van der Waals surface area contributed by atoms with Crippen molar-refractivity contribution < 1.29 is 4.39 Å². The van der Waals surface area contributed by atoms with E-state index in [4.69, 9.17) is 0 Å². The van der Waals surface area contributed by atoms with Crippen LogP contribution in [0.25, 0.3) is 0 Å². The van der Waals surface area contributed by atoms with Crippen molar-refractivity contribution in [1.82, 2.24) is 0 Å². The molecule has 1 aromatic carbocycles. The number of halogens is 1. The molecule has 1 nitrogen and oxygen atoms in total. The number of unbranched alkanes of at least 4 members (excludes halogenated alkanes) is 3. The summed E-state index contributed by atoms with van der Waals surface area (Å²) >= 11 is 0. The van der Waals surface area contributed by atoms with E-state index < -0.39 is 0 Å². The lowest BCUT2D eigenvalue weighted by Crippen LogP contribution is -2.10. The third kappa shape index (κ3) is 5.61. The number of nitrogens with zero attached hydrogens (tertiary/aromatic N) is 1. The Morgan fingerprint density at radius 2 is 1.86 bits per heavy atom. The highest BCUT2D eigenvalue weighted by Gasteiger charge is 2.16. The molecule has 0 saturated carbocycles. The molecule has 0 spiro atoms. The standard InChI is InChI=1S/C19H30FN/c1-5-7-9-10-16-12-13-17(14-19(16)20)18(11-8-6-2)15(3)21-4/h12-14,18H,5-11H2,1-4H3. The number of hydrogen-bond donors (Lipinski definition) is 0. The lowest BCUT2D eigenvalue weighted by atomic mass is 9.88. The van der Waals surface area contributed by atoms with Crippen molar-refractivity contribution in [1.29, 1.82) is 0 Å². The first kappa shape index (κ1) is 17.9. The van der Waals surface area contributed by atoms with Crippen molar-refractivity contribution >= 4 is 5.71 Å². The van der Waals surface area contributed by atoms with Gasteiger partial charge in [0.25, 0.3) is 0 Å². The number of hydrogen-bond acceptors (Lipinski definition) is 1. The fraction of sp³-hybridized carbons (Fsp3) is 0.632. The summed E-state index contributed by atoms with van der Waals surface area (Å²) in [5, 5.41) is 0. The first-order valence-corrected chi connectivity index (χ1v) is 8.35. The van der Waals surface area contributed by atoms with Gasteiger partial charge in [-0.15, -0.1) is 0 Å². The van der Waals surface area contributed by atoms with Gasteiger partial charge < -0.3 is 0 Å². The van der Waals surface area contributed by atoms with E-state index in [9.17, 15) is 4.39 Å². The number of rotatable bonds is 9. The summed E-state index contributed by atoms with van der Waals surface area (Å²) in [6.45, 7) is 6.41. The Hall–Kier alpha value is -1.18. The van der Waals surface area contributed by atoms with E-state index in [0.29, 0.717) is 0 Å². The highest BCUT2D eigenvalue weighted by molar-refractivity contribution is 5.88. The summed E-state index contributed by atoms with van der Waals surface area (Å²) in [4.78, 5) is 4.33. The van der Waals surface area contributed by atoms with Gasteiger partial charge in [-0.05, 0) is 43.4 Å². The van der Waals surface area contributed by atoms with Crippen molar-refractivity contribution in [2.45, 2.75) is 71.6 Å². The van der Waals surface area contributed by atoms with Gasteiger partial charge in [0.1, 0.15) is 5.82 Å². The van der Waals surface area contributed by atoms with Crippen molar-refractivity contribution in [3.63, 3.8) is 0 Å². The van der Waals surface area contributed by atoms with Gasteiger partial charge in [0, 0.05) is 18.7 Å². The second kappa shape index (κ2) is 9.70. The van der Waals surface area contributed by atoms with Gasteiger partial charge in [-0.2, -0.15) is 0 Å². The van der Waals surface area contributed by atoms with E-state index in [2.05, 4.69) is 24.9 Å². The molecule has 2 heteroatoms. The molecule has 1 rings (SSSR count). The van der Waals surface area contributed by atoms with Crippen LogP contribution in [0.4, 0.5) is 4.39 Å². The second-order valence-electron chi connectivity index (χ2n) is 5.87. The van der Waals surface area contributed by atoms with E-state index in [1.807, 2.05) is 20.0 Å². The molecule has 0 saturated heterocycles. The van der Waals surface area contributed by atoms with E-state index >= 15 is 0 Å². The van der Waals surface area contributed by atoms with Gasteiger partial charge in [0.15, 0.2) is 0 Å². The quantitative estimate of drug-likeness (QED) is 0.395. The van der Waals surface area contributed by atoms with Gasteiger partial charge in [-0.25, -0.2) is 4.39 Å². The monoisotopic (exact) mass is 291 g/mol.